The normalized spacial score (nSPS) is 12.1. The monoisotopic (exact) mass is 1090 g/mol. The molecule has 0 aromatic heterocycles. The Balaban J connectivity index is -0.00000172. The first-order valence-corrected chi connectivity index (χ1v) is 24.9. The van der Waals surface area contributed by atoms with E-state index in [1.807, 2.05) is 20.8 Å². The number of nitrogens with zero attached hydrogens (tertiary/aromatic N) is 6. The van der Waals surface area contributed by atoms with Crippen molar-refractivity contribution < 1.29 is 90.7 Å². The van der Waals surface area contributed by atoms with Gasteiger partial charge in [0.15, 0.2) is 10.1 Å². The zero-order chi connectivity index (χ0) is 48.2. The summed E-state index contributed by atoms with van der Waals surface area (Å²) in [4.78, 5) is 6.59. The summed E-state index contributed by atoms with van der Waals surface area (Å²) in [5.74, 6) is 0. The Morgan fingerprint density at radius 3 is 0.815 bits per heavy atom. The summed E-state index contributed by atoms with van der Waals surface area (Å²) in [5.41, 5.74) is 0.836. The molecule has 0 aliphatic rings. The minimum absolute atomic E-state index is 0. The fourth-order valence-electron chi connectivity index (χ4n) is 6.56. The Bertz CT molecular complexity index is 2150. The van der Waals surface area contributed by atoms with Crippen molar-refractivity contribution in [1.82, 2.24) is 14.7 Å². The number of likely N-dealkylation sites (N-methyl/N-ethyl adjacent to an activating group) is 2. The third kappa shape index (κ3) is 22.7. The van der Waals surface area contributed by atoms with Gasteiger partial charge in [-0.2, -0.15) is 13.2 Å². The van der Waals surface area contributed by atoms with Gasteiger partial charge < -0.3 is 38.9 Å². The Morgan fingerprint density at radius 2 is 0.662 bits per heavy atom. The van der Waals surface area contributed by atoms with Gasteiger partial charge in [0.1, 0.15) is 30.1 Å². The van der Waals surface area contributed by atoms with E-state index in [4.69, 9.17) is 13.0 Å². The summed E-state index contributed by atoms with van der Waals surface area (Å²) in [6.07, 6.45) is 0. The Labute approximate surface area is 406 Å². The molecule has 16 nitrogen and oxygen atoms in total. The summed E-state index contributed by atoms with van der Waals surface area (Å²) in [7, 11) is -9.62. The topological polar surface area (TPSA) is 242 Å². The number of benzene rings is 3. The molecule has 25 heteroatoms. The van der Waals surface area contributed by atoms with Crippen LogP contribution < -0.4 is 0 Å². The minimum atomic E-state index is -6.09. The summed E-state index contributed by atoms with van der Waals surface area (Å²) in [5, 5.41) is 0. The largest absolute Gasteiger partial charge is 3.00 e. The molecule has 3 aromatic carbocycles. The van der Waals surface area contributed by atoms with Crippen molar-refractivity contribution in [3.05, 3.63) is 101 Å². The first-order valence-electron chi connectivity index (χ1n) is 19.2. The summed E-state index contributed by atoms with van der Waals surface area (Å²) < 4.78 is 150. The molecular weight excluding hydrogens is 1020 g/mol. The number of sulfonamides is 3. The molecule has 0 saturated carbocycles. The molecule has 3 rings (SSSR count). The van der Waals surface area contributed by atoms with Crippen LogP contribution >= 0.6 is 0 Å². The molecule has 3 aromatic rings. The van der Waals surface area contributed by atoms with Crippen LogP contribution in [0.5, 0.6) is 0 Å². The average molecular weight is 1090 g/mol. The van der Waals surface area contributed by atoms with E-state index in [2.05, 4.69) is 52.2 Å². The van der Waals surface area contributed by atoms with Gasteiger partial charge >= 0.3 is 39.4 Å². The minimum Gasteiger partial charge on any atom is -0.870 e. The maximum atomic E-state index is 13.2. The summed E-state index contributed by atoms with van der Waals surface area (Å²) in [6, 6.07) is 10.8. The molecule has 1 radical (unpaired) electrons. The molecule has 0 atom stereocenters. The van der Waals surface area contributed by atoms with Gasteiger partial charge in [0, 0.05) is 13.1 Å². The van der Waals surface area contributed by atoms with Crippen LogP contribution in [0.3, 0.4) is 0 Å². The second kappa shape index (κ2) is 28.4. The quantitative estimate of drug-likeness (QED) is 0.0769. The van der Waals surface area contributed by atoms with Gasteiger partial charge in [0.25, 0.3) is 0 Å². The van der Waals surface area contributed by atoms with E-state index in [9.17, 15) is 38.4 Å². The first kappa shape index (κ1) is 67.2. The van der Waals surface area contributed by atoms with E-state index in [-0.39, 0.29) is 93.3 Å². The summed E-state index contributed by atoms with van der Waals surface area (Å²) >= 11 is 0. The molecule has 0 heterocycles. The number of hydrogen-bond acceptors (Lipinski definition) is 13. The van der Waals surface area contributed by atoms with Crippen LogP contribution in [0.2, 0.25) is 0 Å². The van der Waals surface area contributed by atoms with Crippen molar-refractivity contribution in [2.75, 3.05) is 80.5 Å². The van der Waals surface area contributed by atoms with E-state index in [1.165, 1.54) is 0 Å². The predicted octanol–water partition coefficient (Wildman–Crippen LogP) is 6.33. The second-order valence-corrected chi connectivity index (χ2v) is 21.7. The fraction of sp³-hybridized carbons (Fsp3) is 0.550. The van der Waals surface area contributed by atoms with Crippen molar-refractivity contribution in [2.45, 2.75) is 82.5 Å². The zero-order valence-corrected chi connectivity index (χ0v) is 44.3. The second-order valence-electron chi connectivity index (χ2n) is 15.5. The van der Waals surface area contributed by atoms with Crippen LogP contribution in [0.1, 0.15) is 50.1 Å². The molecule has 0 aliphatic heterocycles. The maximum Gasteiger partial charge on any atom is 3.00 e. The van der Waals surface area contributed by atoms with E-state index in [0.29, 0.717) is 33.4 Å². The van der Waals surface area contributed by atoms with E-state index in [1.54, 1.807) is 82.8 Å². The molecule has 0 bridgehead atoms. The predicted molar refractivity (Wildman–Crippen MR) is 239 cm³/mol. The first-order chi connectivity index (χ1) is 28.1. The van der Waals surface area contributed by atoms with Crippen LogP contribution in [0, 0.1) is 62.3 Å². The van der Waals surface area contributed by atoms with Crippen molar-refractivity contribution in [3.8, 4) is 0 Å². The zero-order valence-electron chi connectivity index (χ0n) is 38.9. The van der Waals surface area contributed by atoms with Crippen molar-refractivity contribution in [2.24, 2.45) is 0 Å². The van der Waals surface area contributed by atoms with Gasteiger partial charge in [0.05, 0.1) is 14.7 Å². The van der Waals surface area contributed by atoms with Crippen molar-refractivity contribution in [3.63, 3.8) is 0 Å². The molecule has 0 spiro atoms. The van der Waals surface area contributed by atoms with Gasteiger partial charge in [-0.3, -0.25) is 0 Å². The Hall–Kier alpha value is -2.04. The molecule has 0 amide bonds. The van der Waals surface area contributed by atoms with E-state index in [0.717, 1.165) is 29.8 Å². The number of halogens is 3. The molecule has 1 N–H and O–H groups in total. The Morgan fingerprint density at radius 1 is 0.477 bits per heavy atom. The molecule has 0 saturated heterocycles. The van der Waals surface area contributed by atoms with Crippen LogP contribution in [0.15, 0.2) is 51.1 Å². The Kier molecular flexibility index (Phi) is 29.4. The standard InChI is InChI=1S/C33H45N4O6S3.C6H16N2.CHF3O3S.Co.Fe.H2O/c1-22-16-25(4)31(26(5)17-22)44(38,39)34-10-13-37(14-11-35-45(40,41)32-27(6)18-23(2)19-28(32)7)15-12-36-46(42,43)33-29(8)20-24(3)21-30(33)9;1-7(2)5-6-8(3)4;2-1(3,4)8(5,6)7;;;/h16-21H,10-15H2,1-9H3;5-6H2,1-4H3;(H,5,6,7);;;1H2/q-3;;;2*+3;/p-2. The number of rotatable bonds is 18. The third-order valence-corrected chi connectivity index (χ3v) is 14.5. The van der Waals surface area contributed by atoms with Crippen molar-refractivity contribution >= 4 is 40.2 Å². The summed E-state index contributed by atoms with van der Waals surface area (Å²) in [6.45, 7) is 18.4. The molecule has 373 valence electrons. The number of aryl methyl sites for hydroxylation is 9. The molecular formula is C40H62CoF3FeN6O10S4+. The SMILES string of the molecule is CN(C)CCN(C)C.Cc1cc(C)c(S(=O)(=O)[N-]CCN(CC[N-]S(=O)(=O)c2c(C)cc(C)cc2C)CC[N-]S(=O)(=O)c2c(C)cc(C)cc2C)c(C)c1.O=S(=O)([O-])C(F)(F)F.[Co+3].[Fe+3].[OH-]. The van der Waals surface area contributed by atoms with Gasteiger partial charge in [-0.1, -0.05) is 53.1 Å². The van der Waals surface area contributed by atoms with Gasteiger partial charge in [-0.05, 0) is 144 Å². The van der Waals surface area contributed by atoms with Crippen LogP contribution in [-0.4, -0.2) is 144 Å². The fourth-order valence-corrected chi connectivity index (χ4v) is 10.7. The van der Waals surface area contributed by atoms with Gasteiger partial charge in [-0.25, -0.2) is 33.7 Å². The number of hydrogen-bond donors (Lipinski definition) is 0. The van der Waals surface area contributed by atoms with Gasteiger partial charge in [0.2, 0.25) is 0 Å². The smallest absolute Gasteiger partial charge is 0.870 e. The average Bonchev–Trinajstić information content (AvgIpc) is 3.04. The number of alkyl halides is 3. The maximum absolute atomic E-state index is 13.2. The van der Waals surface area contributed by atoms with Crippen LogP contribution in [0.4, 0.5) is 13.2 Å². The van der Waals surface area contributed by atoms with Crippen LogP contribution in [-0.2, 0) is 74.0 Å². The molecule has 0 unspecified atom stereocenters. The molecule has 0 fully saturated rings. The van der Waals surface area contributed by atoms with E-state index < -0.39 is 45.7 Å². The third-order valence-electron chi connectivity index (χ3n) is 8.90. The van der Waals surface area contributed by atoms with Gasteiger partial charge in [-0.15, -0.1) is 19.6 Å². The molecule has 0 aliphatic carbocycles. The van der Waals surface area contributed by atoms with Crippen LogP contribution in [0.25, 0.3) is 14.2 Å². The molecule has 65 heavy (non-hydrogen) atoms. The van der Waals surface area contributed by atoms with E-state index >= 15 is 0 Å². The van der Waals surface area contributed by atoms with Crippen molar-refractivity contribution in [1.29, 1.82) is 0 Å².